The number of carbonyl (C=O) groups excluding carboxylic acids is 2. The lowest BCUT2D eigenvalue weighted by Gasteiger charge is -2.12. The molecule has 36 heavy (non-hydrogen) atoms. The first-order valence-corrected chi connectivity index (χ1v) is 10.5. The SMILES string of the molecule is COc1cccc(Cn2nc(C(F)(F)F)c(NC(=O)c3cc(C(N)=O)nc4cccc(F)c34)c2C)c1. The molecule has 2 aromatic heterocycles. The van der Waals surface area contributed by atoms with Crippen LogP contribution in [0.1, 0.15) is 37.8 Å². The summed E-state index contributed by atoms with van der Waals surface area (Å²) < 4.78 is 62.4. The molecular weight excluding hydrogens is 482 g/mol. The van der Waals surface area contributed by atoms with E-state index >= 15 is 0 Å². The quantitative estimate of drug-likeness (QED) is 0.383. The highest BCUT2D eigenvalue weighted by molar-refractivity contribution is 6.14. The molecule has 0 saturated carbocycles. The van der Waals surface area contributed by atoms with Crippen molar-refractivity contribution in [3.63, 3.8) is 0 Å². The standard InChI is InChI=1S/C24H19F4N5O3/c1-12-20(21(24(26,27)28)32-33(12)11-13-5-3-6-14(9-13)36-2)31-23(35)15-10-18(22(29)34)30-17-8-4-7-16(25)19(15)17/h3-10H,11H2,1-2H3,(H2,29,34)(H,31,35). The van der Waals surface area contributed by atoms with Crippen LogP contribution in [0.4, 0.5) is 23.2 Å². The smallest absolute Gasteiger partial charge is 0.437 e. The highest BCUT2D eigenvalue weighted by Gasteiger charge is 2.39. The number of amides is 2. The van der Waals surface area contributed by atoms with Crippen LogP contribution in [-0.2, 0) is 12.7 Å². The van der Waals surface area contributed by atoms with Gasteiger partial charge >= 0.3 is 6.18 Å². The van der Waals surface area contributed by atoms with Gasteiger partial charge in [0.25, 0.3) is 11.8 Å². The molecule has 2 heterocycles. The Hall–Kier alpha value is -4.48. The molecule has 12 heteroatoms. The number of pyridine rings is 1. The third-order valence-electron chi connectivity index (χ3n) is 5.46. The number of ether oxygens (including phenoxy) is 1. The van der Waals surface area contributed by atoms with Crippen molar-refractivity contribution >= 4 is 28.4 Å². The monoisotopic (exact) mass is 501 g/mol. The molecule has 0 saturated heterocycles. The molecule has 2 aromatic carbocycles. The third kappa shape index (κ3) is 4.69. The van der Waals surface area contributed by atoms with Gasteiger partial charge in [-0.25, -0.2) is 9.37 Å². The summed E-state index contributed by atoms with van der Waals surface area (Å²) in [6.45, 7) is 1.32. The van der Waals surface area contributed by atoms with E-state index in [4.69, 9.17) is 10.5 Å². The Balaban J connectivity index is 1.79. The fraction of sp³-hybridized carbons (Fsp3) is 0.167. The zero-order chi connectivity index (χ0) is 26.2. The molecule has 0 aliphatic rings. The molecule has 2 amide bonds. The lowest BCUT2D eigenvalue weighted by Crippen LogP contribution is -2.20. The van der Waals surface area contributed by atoms with Crippen molar-refractivity contribution in [2.24, 2.45) is 5.73 Å². The fourth-order valence-electron chi connectivity index (χ4n) is 3.72. The lowest BCUT2D eigenvalue weighted by molar-refractivity contribution is -0.140. The van der Waals surface area contributed by atoms with Gasteiger partial charge in [0, 0.05) is 5.39 Å². The summed E-state index contributed by atoms with van der Waals surface area (Å²) in [5.41, 5.74) is 3.15. The number of alkyl halides is 3. The van der Waals surface area contributed by atoms with Crippen LogP contribution in [0.3, 0.4) is 0 Å². The summed E-state index contributed by atoms with van der Waals surface area (Å²) in [5, 5.41) is 5.61. The number of methoxy groups -OCH3 is 1. The van der Waals surface area contributed by atoms with E-state index < -0.39 is 40.8 Å². The number of hydrogen-bond donors (Lipinski definition) is 2. The number of carbonyl (C=O) groups is 2. The molecule has 4 aromatic rings. The minimum absolute atomic E-state index is 0.00690. The molecule has 0 spiro atoms. The summed E-state index contributed by atoms with van der Waals surface area (Å²) in [7, 11) is 1.46. The van der Waals surface area contributed by atoms with Crippen LogP contribution in [0.15, 0.2) is 48.5 Å². The predicted octanol–water partition coefficient (Wildman–Crippen LogP) is 4.31. The average molecular weight is 501 g/mol. The number of primary amides is 1. The van der Waals surface area contributed by atoms with Gasteiger partial charge < -0.3 is 15.8 Å². The van der Waals surface area contributed by atoms with Gasteiger partial charge in [0.05, 0.1) is 36.1 Å². The highest BCUT2D eigenvalue weighted by Crippen LogP contribution is 2.36. The van der Waals surface area contributed by atoms with Gasteiger partial charge in [-0.1, -0.05) is 18.2 Å². The van der Waals surface area contributed by atoms with Gasteiger partial charge in [-0.2, -0.15) is 18.3 Å². The Morgan fingerprint density at radius 2 is 1.86 bits per heavy atom. The van der Waals surface area contributed by atoms with Crippen molar-refractivity contribution in [3.05, 3.63) is 82.6 Å². The molecule has 4 rings (SSSR count). The lowest BCUT2D eigenvalue weighted by atomic mass is 10.1. The normalized spacial score (nSPS) is 11.5. The summed E-state index contributed by atoms with van der Waals surface area (Å²) in [5.74, 6) is -2.42. The minimum atomic E-state index is -4.91. The number of nitrogens with zero attached hydrogens (tertiary/aromatic N) is 3. The topological polar surface area (TPSA) is 112 Å². The first-order valence-electron chi connectivity index (χ1n) is 10.5. The largest absolute Gasteiger partial charge is 0.497 e. The van der Waals surface area contributed by atoms with E-state index in [0.717, 1.165) is 16.8 Å². The second-order valence-corrected chi connectivity index (χ2v) is 7.82. The van der Waals surface area contributed by atoms with E-state index in [9.17, 15) is 27.2 Å². The molecule has 0 aliphatic carbocycles. The van der Waals surface area contributed by atoms with Crippen molar-refractivity contribution in [2.75, 3.05) is 12.4 Å². The summed E-state index contributed by atoms with van der Waals surface area (Å²) in [4.78, 5) is 28.8. The Labute approximate surface area is 201 Å². The van der Waals surface area contributed by atoms with Crippen LogP contribution in [0.25, 0.3) is 10.9 Å². The minimum Gasteiger partial charge on any atom is -0.497 e. The number of anilines is 1. The van der Waals surface area contributed by atoms with E-state index in [2.05, 4.69) is 15.4 Å². The van der Waals surface area contributed by atoms with Crippen LogP contribution < -0.4 is 15.8 Å². The summed E-state index contributed by atoms with van der Waals surface area (Å²) in [6.07, 6.45) is -4.91. The molecule has 0 radical (unpaired) electrons. The Morgan fingerprint density at radius 3 is 2.53 bits per heavy atom. The van der Waals surface area contributed by atoms with Crippen molar-refractivity contribution < 1.29 is 31.9 Å². The molecule has 186 valence electrons. The van der Waals surface area contributed by atoms with E-state index in [-0.39, 0.29) is 28.8 Å². The Kier molecular flexibility index (Phi) is 6.35. The second-order valence-electron chi connectivity index (χ2n) is 7.82. The number of benzene rings is 2. The molecule has 0 bridgehead atoms. The maximum absolute atomic E-state index is 14.6. The van der Waals surface area contributed by atoms with Crippen molar-refractivity contribution in [2.45, 2.75) is 19.6 Å². The van der Waals surface area contributed by atoms with Gasteiger partial charge in [-0.15, -0.1) is 0 Å². The van der Waals surface area contributed by atoms with Crippen molar-refractivity contribution in [1.29, 1.82) is 0 Å². The Bertz CT molecular complexity index is 1500. The van der Waals surface area contributed by atoms with Crippen LogP contribution >= 0.6 is 0 Å². The number of nitrogens with two attached hydrogens (primary N) is 1. The summed E-state index contributed by atoms with van der Waals surface area (Å²) in [6, 6.07) is 11.3. The van der Waals surface area contributed by atoms with Gasteiger partial charge in [0.2, 0.25) is 0 Å². The maximum atomic E-state index is 14.6. The first-order chi connectivity index (χ1) is 17.0. The molecule has 0 unspecified atom stereocenters. The zero-order valence-electron chi connectivity index (χ0n) is 19.0. The molecule has 3 N–H and O–H groups in total. The predicted molar refractivity (Wildman–Crippen MR) is 122 cm³/mol. The number of aromatic nitrogens is 3. The number of nitrogens with one attached hydrogen (secondary N) is 1. The fourth-order valence-corrected chi connectivity index (χ4v) is 3.72. The van der Waals surface area contributed by atoms with Crippen LogP contribution in [-0.4, -0.2) is 33.7 Å². The second kappa shape index (κ2) is 9.29. The summed E-state index contributed by atoms with van der Waals surface area (Å²) >= 11 is 0. The number of hydrogen-bond acceptors (Lipinski definition) is 5. The zero-order valence-corrected chi connectivity index (χ0v) is 19.0. The molecule has 0 aliphatic heterocycles. The van der Waals surface area contributed by atoms with E-state index in [1.807, 2.05) is 0 Å². The van der Waals surface area contributed by atoms with E-state index in [1.165, 1.54) is 26.2 Å². The number of rotatable bonds is 6. The molecular formula is C24H19F4N5O3. The molecule has 0 fully saturated rings. The Morgan fingerprint density at radius 1 is 1.14 bits per heavy atom. The molecule has 0 atom stereocenters. The van der Waals surface area contributed by atoms with Gasteiger partial charge in [0.1, 0.15) is 17.3 Å². The van der Waals surface area contributed by atoms with Gasteiger partial charge in [0.15, 0.2) is 5.69 Å². The van der Waals surface area contributed by atoms with Crippen LogP contribution in [0.2, 0.25) is 0 Å². The van der Waals surface area contributed by atoms with E-state index in [0.29, 0.717) is 11.3 Å². The van der Waals surface area contributed by atoms with Crippen molar-refractivity contribution in [1.82, 2.24) is 14.8 Å². The van der Waals surface area contributed by atoms with Crippen LogP contribution in [0, 0.1) is 12.7 Å². The van der Waals surface area contributed by atoms with Gasteiger partial charge in [-0.3, -0.25) is 14.3 Å². The van der Waals surface area contributed by atoms with E-state index in [1.54, 1.807) is 24.3 Å². The number of halogens is 4. The van der Waals surface area contributed by atoms with Crippen molar-refractivity contribution in [3.8, 4) is 5.75 Å². The first kappa shape index (κ1) is 24.6. The van der Waals surface area contributed by atoms with Gasteiger partial charge in [-0.05, 0) is 42.8 Å². The average Bonchev–Trinajstić information content (AvgIpc) is 3.14. The third-order valence-corrected chi connectivity index (χ3v) is 5.46. The highest BCUT2D eigenvalue weighted by atomic mass is 19.4. The maximum Gasteiger partial charge on any atom is 0.437 e. The number of fused-ring (bicyclic) bond motifs is 1. The molecule has 8 nitrogen and oxygen atoms in total. The van der Waals surface area contributed by atoms with Crippen LogP contribution in [0.5, 0.6) is 5.75 Å².